The summed E-state index contributed by atoms with van der Waals surface area (Å²) in [6.07, 6.45) is 2.19. The topological polar surface area (TPSA) is 86.6 Å². The van der Waals surface area contributed by atoms with Crippen molar-refractivity contribution in [2.45, 2.75) is 39.3 Å². The van der Waals surface area contributed by atoms with Gasteiger partial charge in [-0.15, -0.1) is 0 Å². The van der Waals surface area contributed by atoms with Crippen LogP contribution in [0.1, 0.15) is 44.9 Å². The van der Waals surface area contributed by atoms with Gasteiger partial charge in [0.2, 0.25) is 5.78 Å². The molecule has 1 fully saturated rings. The van der Waals surface area contributed by atoms with Gasteiger partial charge in [0, 0.05) is 35.7 Å². The number of hydrogen-bond donors (Lipinski definition) is 1. The number of ketones is 1. The first kappa shape index (κ1) is 21.7. The molecule has 2 aromatic rings. The molecule has 1 aromatic carbocycles. The zero-order chi connectivity index (χ0) is 21.7. The highest BCUT2D eigenvalue weighted by molar-refractivity contribution is 6.00. The lowest BCUT2D eigenvalue weighted by Gasteiger charge is -2.14. The lowest BCUT2D eigenvalue weighted by atomic mass is 10.1. The van der Waals surface area contributed by atoms with Gasteiger partial charge in [0.05, 0.1) is 6.10 Å². The van der Waals surface area contributed by atoms with E-state index in [0.717, 1.165) is 36.9 Å². The number of aryl methyl sites for hydroxylation is 1. The van der Waals surface area contributed by atoms with E-state index in [-0.39, 0.29) is 17.5 Å². The lowest BCUT2D eigenvalue weighted by Crippen LogP contribution is -2.31. The van der Waals surface area contributed by atoms with E-state index in [4.69, 9.17) is 9.47 Å². The van der Waals surface area contributed by atoms with Crippen LogP contribution in [0.3, 0.4) is 0 Å². The molecule has 0 radical (unpaired) electrons. The standard InChI is InChI=1S/C22H25FN2O5/c1-14-9-19(15(2)25(14)12-18-7-4-8-29-18)20(26)13-30-21(27)11-24-22(28)16-5-3-6-17(23)10-16/h3,5-6,9-10,18H,4,7-8,11-13H2,1-2H3,(H,24,28)/t18-/m1/s1. The van der Waals surface area contributed by atoms with E-state index in [1.165, 1.54) is 18.2 Å². The molecule has 0 aliphatic carbocycles. The molecule has 160 valence electrons. The molecule has 30 heavy (non-hydrogen) atoms. The first-order chi connectivity index (χ1) is 14.3. The van der Waals surface area contributed by atoms with E-state index in [1.54, 1.807) is 6.07 Å². The van der Waals surface area contributed by atoms with Crippen LogP contribution in [0, 0.1) is 19.7 Å². The molecule has 0 saturated carbocycles. The van der Waals surface area contributed by atoms with Gasteiger partial charge < -0.3 is 19.4 Å². The predicted molar refractivity (Wildman–Crippen MR) is 107 cm³/mol. The van der Waals surface area contributed by atoms with Gasteiger partial charge in [0.15, 0.2) is 6.61 Å². The number of carbonyl (C=O) groups is 3. The fourth-order valence-corrected chi connectivity index (χ4v) is 3.52. The number of benzene rings is 1. The van der Waals surface area contributed by atoms with Crippen molar-refractivity contribution in [1.29, 1.82) is 0 Å². The van der Waals surface area contributed by atoms with E-state index in [0.29, 0.717) is 12.1 Å². The molecule has 0 spiro atoms. The Morgan fingerprint density at radius 2 is 2.07 bits per heavy atom. The number of rotatable bonds is 8. The number of nitrogens with one attached hydrogen (secondary N) is 1. The monoisotopic (exact) mass is 416 g/mol. The molecule has 8 heteroatoms. The number of aromatic nitrogens is 1. The van der Waals surface area contributed by atoms with Gasteiger partial charge in [-0.3, -0.25) is 14.4 Å². The molecular formula is C22H25FN2O5. The molecule has 3 rings (SSSR count). The van der Waals surface area contributed by atoms with Gasteiger partial charge >= 0.3 is 5.97 Å². The summed E-state index contributed by atoms with van der Waals surface area (Å²) < 4.78 is 25.9. The summed E-state index contributed by atoms with van der Waals surface area (Å²) >= 11 is 0. The van der Waals surface area contributed by atoms with Crippen molar-refractivity contribution in [3.63, 3.8) is 0 Å². The molecule has 7 nitrogen and oxygen atoms in total. The average molecular weight is 416 g/mol. The number of carbonyl (C=O) groups excluding carboxylic acids is 3. The van der Waals surface area contributed by atoms with Gasteiger partial charge in [0.1, 0.15) is 12.4 Å². The summed E-state index contributed by atoms with van der Waals surface area (Å²) in [7, 11) is 0. The zero-order valence-electron chi connectivity index (χ0n) is 17.1. The second-order valence-electron chi connectivity index (χ2n) is 7.31. The fourth-order valence-electron chi connectivity index (χ4n) is 3.52. The normalized spacial score (nSPS) is 15.8. The largest absolute Gasteiger partial charge is 0.456 e. The second kappa shape index (κ2) is 9.67. The molecular weight excluding hydrogens is 391 g/mol. The first-order valence-electron chi connectivity index (χ1n) is 9.86. The van der Waals surface area contributed by atoms with Crippen molar-refractivity contribution in [2.75, 3.05) is 19.8 Å². The van der Waals surface area contributed by atoms with Crippen LogP contribution >= 0.6 is 0 Å². The number of ether oxygens (including phenoxy) is 2. The first-order valence-corrected chi connectivity index (χ1v) is 9.86. The Labute approximate surface area is 174 Å². The van der Waals surface area contributed by atoms with Gasteiger partial charge in [-0.1, -0.05) is 6.07 Å². The van der Waals surface area contributed by atoms with E-state index in [9.17, 15) is 18.8 Å². The van der Waals surface area contributed by atoms with Crippen molar-refractivity contribution in [3.05, 3.63) is 58.7 Å². The molecule has 1 N–H and O–H groups in total. The zero-order valence-corrected chi connectivity index (χ0v) is 17.1. The number of hydrogen-bond acceptors (Lipinski definition) is 5. The summed E-state index contributed by atoms with van der Waals surface area (Å²) in [6.45, 7) is 4.40. The number of halogens is 1. The maximum atomic E-state index is 13.2. The summed E-state index contributed by atoms with van der Waals surface area (Å²) in [4.78, 5) is 36.3. The second-order valence-corrected chi connectivity index (χ2v) is 7.31. The number of nitrogens with zero attached hydrogens (tertiary/aromatic N) is 1. The van der Waals surface area contributed by atoms with E-state index in [1.807, 2.05) is 18.4 Å². The molecule has 1 atom stereocenters. The van der Waals surface area contributed by atoms with Crippen molar-refractivity contribution >= 4 is 17.7 Å². The third-order valence-corrected chi connectivity index (χ3v) is 5.13. The number of esters is 1. The van der Waals surface area contributed by atoms with Gasteiger partial charge in [-0.25, -0.2) is 4.39 Å². The Balaban J connectivity index is 1.50. The Kier molecular flexibility index (Phi) is 6.99. The third-order valence-electron chi connectivity index (χ3n) is 5.13. The van der Waals surface area contributed by atoms with Gasteiger partial charge in [0.25, 0.3) is 5.91 Å². The molecule has 1 aliphatic heterocycles. The van der Waals surface area contributed by atoms with Crippen LogP contribution < -0.4 is 5.32 Å². The maximum Gasteiger partial charge on any atom is 0.325 e. The van der Waals surface area contributed by atoms with Crippen LogP contribution in [-0.2, 0) is 20.8 Å². The minimum atomic E-state index is -0.749. The molecule has 1 aliphatic rings. The molecule has 1 saturated heterocycles. The van der Waals surface area contributed by atoms with Gasteiger partial charge in [-0.2, -0.15) is 0 Å². The van der Waals surface area contributed by atoms with Crippen LogP contribution in [0.2, 0.25) is 0 Å². The van der Waals surface area contributed by atoms with Crippen LogP contribution in [-0.4, -0.2) is 48.1 Å². The molecule has 1 amide bonds. The predicted octanol–water partition coefficient (Wildman–Crippen LogP) is 2.58. The third kappa shape index (κ3) is 5.33. The Morgan fingerprint density at radius 1 is 1.27 bits per heavy atom. The Morgan fingerprint density at radius 3 is 2.77 bits per heavy atom. The summed E-state index contributed by atoms with van der Waals surface area (Å²) in [5, 5.41) is 2.34. The van der Waals surface area contributed by atoms with Crippen molar-refractivity contribution in [1.82, 2.24) is 9.88 Å². The molecule has 1 aromatic heterocycles. The van der Waals surface area contributed by atoms with Gasteiger partial charge in [-0.05, 0) is 51.0 Å². The minimum Gasteiger partial charge on any atom is -0.456 e. The minimum absolute atomic E-state index is 0.0950. The van der Waals surface area contributed by atoms with E-state index in [2.05, 4.69) is 5.32 Å². The van der Waals surface area contributed by atoms with Crippen LogP contribution in [0.5, 0.6) is 0 Å². The highest BCUT2D eigenvalue weighted by Gasteiger charge is 2.21. The Bertz CT molecular complexity index is 947. The molecule has 0 unspecified atom stereocenters. The summed E-state index contributed by atoms with van der Waals surface area (Å²) in [5.74, 6) is -2.21. The number of amides is 1. The average Bonchev–Trinajstić information content (AvgIpc) is 3.34. The van der Waals surface area contributed by atoms with Crippen LogP contribution in [0.4, 0.5) is 4.39 Å². The highest BCUT2D eigenvalue weighted by Crippen LogP contribution is 2.20. The smallest absolute Gasteiger partial charge is 0.325 e. The van der Waals surface area contributed by atoms with Crippen molar-refractivity contribution in [2.24, 2.45) is 0 Å². The van der Waals surface area contributed by atoms with E-state index < -0.39 is 30.8 Å². The quantitative estimate of drug-likeness (QED) is 0.528. The van der Waals surface area contributed by atoms with Crippen LogP contribution in [0.25, 0.3) is 0 Å². The number of Topliss-reactive ketones (excluding diaryl/α,β-unsaturated/α-hetero) is 1. The summed E-state index contributed by atoms with van der Waals surface area (Å²) in [6, 6.07) is 6.90. The van der Waals surface area contributed by atoms with Crippen molar-refractivity contribution in [3.8, 4) is 0 Å². The Hall–Kier alpha value is -3.00. The lowest BCUT2D eigenvalue weighted by molar-refractivity contribution is -0.141. The maximum absolute atomic E-state index is 13.2. The van der Waals surface area contributed by atoms with E-state index >= 15 is 0 Å². The molecule has 0 bridgehead atoms. The fraction of sp³-hybridized carbons (Fsp3) is 0.409. The summed E-state index contributed by atoms with van der Waals surface area (Å²) in [5.41, 5.74) is 2.35. The van der Waals surface area contributed by atoms with Crippen molar-refractivity contribution < 1.29 is 28.2 Å². The van der Waals surface area contributed by atoms with Crippen LogP contribution in [0.15, 0.2) is 30.3 Å². The molecule has 2 heterocycles. The highest BCUT2D eigenvalue weighted by atomic mass is 19.1. The SMILES string of the molecule is Cc1cc(C(=O)COC(=O)CNC(=O)c2cccc(F)c2)c(C)n1C[C@H]1CCCO1.